The summed E-state index contributed by atoms with van der Waals surface area (Å²) in [6, 6.07) is 1.72. The molecule has 0 saturated heterocycles. The third kappa shape index (κ3) is 2.80. The molecule has 0 aliphatic rings. The average molecular weight is 271 g/mol. The van der Waals surface area contributed by atoms with Crippen LogP contribution in [0.3, 0.4) is 0 Å². The Labute approximate surface area is 108 Å². The van der Waals surface area contributed by atoms with Crippen molar-refractivity contribution < 1.29 is 14.0 Å². The maximum Gasteiger partial charge on any atom is 0.259 e. The molecule has 0 aliphatic carbocycles. The molecule has 0 radical (unpaired) electrons. The standard InChI is InChI=1S/C11H17N3O3S/c1-4-8-7(3)6(2)5-9(11(12)13-15)10(8)14-18(16)17/h5,14-15H,4H2,1-3H3,(H2,12,13)(H,16,17). The second-order valence-corrected chi connectivity index (χ2v) is 4.61. The van der Waals surface area contributed by atoms with Crippen LogP contribution in [-0.2, 0) is 17.7 Å². The van der Waals surface area contributed by atoms with Gasteiger partial charge in [0.15, 0.2) is 5.84 Å². The van der Waals surface area contributed by atoms with Crippen molar-refractivity contribution in [3.05, 3.63) is 28.3 Å². The number of anilines is 1. The molecule has 1 unspecified atom stereocenters. The summed E-state index contributed by atoms with van der Waals surface area (Å²) in [7, 11) is 0. The minimum atomic E-state index is -2.21. The van der Waals surface area contributed by atoms with Gasteiger partial charge in [0.2, 0.25) is 0 Å². The van der Waals surface area contributed by atoms with E-state index in [0.717, 1.165) is 16.7 Å². The summed E-state index contributed by atoms with van der Waals surface area (Å²) in [5.74, 6) is -0.0965. The number of nitrogens with one attached hydrogen (secondary N) is 1. The Bertz CT molecular complexity index is 515. The highest BCUT2D eigenvalue weighted by atomic mass is 32.2. The molecule has 0 fully saturated rings. The van der Waals surface area contributed by atoms with Crippen molar-refractivity contribution in [1.29, 1.82) is 0 Å². The average Bonchev–Trinajstić information content (AvgIpc) is 2.32. The van der Waals surface area contributed by atoms with Crippen molar-refractivity contribution >= 4 is 22.8 Å². The Morgan fingerprint density at radius 3 is 2.61 bits per heavy atom. The predicted octanol–water partition coefficient (Wildman–Crippen LogP) is 1.51. The summed E-state index contributed by atoms with van der Waals surface area (Å²) in [4.78, 5) is 0. The van der Waals surface area contributed by atoms with Crippen LogP contribution in [0.25, 0.3) is 0 Å². The van der Waals surface area contributed by atoms with Gasteiger partial charge in [-0.25, -0.2) is 4.21 Å². The molecule has 18 heavy (non-hydrogen) atoms. The Morgan fingerprint density at radius 2 is 2.17 bits per heavy atom. The molecule has 1 aromatic carbocycles. The Hall–Kier alpha value is -1.60. The van der Waals surface area contributed by atoms with Crippen molar-refractivity contribution in [2.75, 3.05) is 4.72 Å². The summed E-state index contributed by atoms with van der Waals surface area (Å²) < 4.78 is 22.4. The zero-order valence-corrected chi connectivity index (χ0v) is 11.3. The van der Waals surface area contributed by atoms with Gasteiger partial charge >= 0.3 is 0 Å². The third-order valence-electron chi connectivity index (χ3n) is 2.90. The minimum Gasteiger partial charge on any atom is -0.409 e. The summed E-state index contributed by atoms with van der Waals surface area (Å²) in [5.41, 5.74) is 9.30. The first-order valence-electron chi connectivity index (χ1n) is 5.40. The van der Waals surface area contributed by atoms with Gasteiger partial charge in [0.05, 0.1) is 5.69 Å². The van der Waals surface area contributed by atoms with Crippen LogP contribution in [0.1, 0.15) is 29.2 Å². The molecule has 0 amide bonds. The van der Waals surface area contributed by atoms with Crippen molar-refractivity contribution in [1.82, 2.24) is 0 Å². The number of nitrogens with zero attached hydrogens (tertiary/aromatic N) is 1. The van der Waals surface area contributed by atoms with E-state index in [-0.39, 0.29) is 5.84 Å². The molecule has 0 saturated carbocycles. The largest absolute Gasteiger partial charge is 0.409 e. The monoisotopic (exact) mass is 271 g/mol. The first kappa shape index (κ1) is 14.5. The molecule has 1 atom stereocenters. The molecular weight excluding hydrogens is 254 g/mol. The number of rotatable bonds is 4. The van der Waals surface area contributed by atoms with E-state index in [9.17, 15) is 4.21 Å². The molecule has 0 bridgehead atoms. The Kier molecular flexibility index (Phi) is 4.69. The first-order chi connectivity index (χ1) is 8.42. The summed E-state index contributed by atoms with van der Waals surface area (Å²) >= 11 is -2.21. The van der Waals surface area contributed by atoms with Gasteiger partial charge in [-0.15, -0.1) is 0 Å². The second kappa shape index (κ2) is 5.83. The SMILES string of the molecule is CCc1c(C)c(C)cc(C(N)=NO)c1NS(=O)O. The Balaban J connectivity index is 3.58. The lowest BCUT2D eigenvalue weighted by atomic mass is 9.95. The van der Waals surface area contributed by atoms with Crippen LogP contribution in [0, 0.1) is 13.8 Å². The number of nitrogens with two attached hydrogens (primary N) is 1. The summed E-state index contributed by atoms with van der Waals surface area (Å²) in [5, 5.41) is 11.7. The molecule has 0 aromatic heterocycles. The van der Waals surface area contributed by atoms with Crippen LogP contribution in [-0.4, -0.2) is 19.8 Å². The molecule has 100 valence electrons. The van der Waals surface area contributed by atoms with Crippen molar-refractivity contribution in [3.63, 3.8) is 0 Å². The van der Waals surface area contributed by atoms with Gasteiger partial charge in [-0.1, -0.05) is 12.1 Å². The quantitative estimate of drug-likeness (QED) is 0.219. The number of amidine groups is 1. The van der Waals surface area contributed by atoms with E-state index < -0.39 is 11.3 Å². The molecule has 0 heterocycles. The fourth-order valence-corrected chi connectivity index (χ4v) is 2.29. The van der Waals surface area contributed by atoms with Crippen LogP contribution in [0.15, 0.2) is 11.2 Å². The van der Waals surface area contributed by atoms with Crippen LogP contribution in [0.5, 0.6) is 0 Å². The summed E-state index contributed by atoms with van der Waals surface area (Å²) in [6.45, 7) is 5.77. The molecule has 6 nitrogen and oxygen atoms in total. The normalized spacial score (nSPS) is 13.4. The van der Waals surface area contributed by atoms with Crippen LogP contribution in [0.4, 0.5) is 5.69 Å². The predicted molar refractivity (Wildman–Crippen MR) is 72.2 cm³/mol. The van der Waals surface area contributed by atoms with E-state index >= 15 is 0 Å². The highest BCUT2D eigenvalue weighted by Crippen LogP contribution is 2.28. The maximum atomic E-state index is 11.0. The van der Waals surface area contributed by atoms with Gasteiger partial charge in [0, 0.05) is 5.56 Å². The topological polar surface area (TPSA) is 108 Å². The van der Waals surface area contributed by atoms with Crippen LogP contribution < -0.4 is 10.5 Å². The van der Waals surface area contributed by atoms with Crippen molar-refractivity contribution in [2.45, 2.75) is 27.2 Å². The fourth-order valence-electron chi connectivity index (χ4n) is 1.89. The number of oxime groups is 1. The second-order valence-electron chi connectivity index (χ2n) is 3.91. The van der Waals surface area contributed by atoms with Crippen molar-refractivity contribution in [2.24, 2.45) is 10.9 Å². The van der Waals surface area contributed by atoms with Gasteiger partial charge in [0.1, 0.15) is 0 Å². The van der Waals surface area contributed by atoms with E-state index in [1.807, 2.05) is 20.8 Å². The lowest BCUT2D eigenvalue weighted by molar-refractivity contribution is 0.318. The van der Waals surface area contributed by atoms with Gasteiger partial charge < -0.3 is 10.9 Å². The zero-order valence-electron chi connectivity index (χ0n) is 10.5. The van der Waals surface area contributed by atoms with Gasteiger partial charge in [-0.3, -0.25) is 9.27 Å². The van der Waals surface area contributed by atoms with Gasteiger partial charge in [0.25, 0.3) is 11.3 Å². The van der Waals surface area contributed by atoms with E-state index in [1.165, 1.54) is 0 Å². The van der Waals surface area contributed by atoms with E-state index in [2.05, 4.69) is 9.88 Å². The van der Waals surface area contributed by atoms with Crippen molar-refractivity contribution in [3.8, 4) is 0 Å². The third-order valence-corrected chi connectivity index (χ3v) is 3.28. The lowest BCUT2D eigenvalue weighted by Gasteiger charge is -2.17. The number of aryl methyl sites for hydroxylation is 1. The summed E-state index contributed by atoms with van der Waals surface area (Å²) in [6.07, 6.45) is 0.665. The minimum absolute atomic E-state index is 0.0965. The van der Waals surface area contributed by atoms with Gasteiger partial charge in [-0.05, 0) is 43.0 Å². The maximum absolute atomic E-state index is 11.0. The molecule has 0 spiro atoms. The lowest BCUT2D eigenvalue weighted by Crippen LogP contribution is -2.19. The number of hydrogen-bond acceptors (Lipinski definition) is 3. The first-order valence-corrected chi connectivity index (χ1v) is 6.51. The molecular formula is C11H17N3O3S. The van der Waals surface area contributed by atoms with Crippen LogP contribution >= 0.6 is 0 Å². The van der Waals surface area contributed by atoms with E-state index in [0.29, 0.717) is 17.7 Å². The highest BCUT2D eigenvalue weighted by molar-refractivity contribution is 7.80. The fraction of sp³-hybridized carbons (Fsp3) is 0.364. The highest BCUT2D eigenvalue weighted by Gasteiger charge is 2.16. The molecule has 5 N–H and O–H groups in total. The molecule has 1 aromatic rings. The van der Waals surface area contributed by atoms with E-state index in [4.69, 9.17) is 15.5 Å². The van der Waals surface area contributed by atoms with E-state index in [1.54, 1.807) is 6.07 Å². The van der Waals surface area contributed by atoms with Gasteiger partial charge in [-0.2, -0.15) is 0 Å². The zero-order chi connectivity index (χ0) is 13.9. The smallest absolute Gasteiger partial charge is 0.259 e. The molecule has 0 aliphatic heterocycles. The van der Waals surface area contributed by atoms with Crippen LogP contribution in [0.2, 0.25) is 0 Å². The Morgan fingerprint density at radius 1 is 1.56 bits per heavy atom. The molecule has 1 rings (SSSR count). The number of benzene rings is 1. The molecule has 7 heteroatoms. The number of hydrogen-bond donors (Lipinski definition) is 4.